The topological polar surface area (TPSA) is 74.8 Å². The van der Waals surface area contributed by atoms with Crippen molar-refractivity contribution in [3.8, 4) is 0 Å². The molecule has 0 saturated carbocycles. The molecule has 7 heteroatoms. The molecule has 0 aliphatic carbocycles. The van der Waals surface area contributed by atoms with Crippen LogP contribution in [-0.4, -0.2) is 65.0 Å². The molecule has 1 N–H and O–H groups in total. The fraction of sp³-hybridized carbons (Fsp3) is 0.650. The quantitative estimate of drug-likeness (QED) is 0.857. The second-order valence-corrected chi connectivity index (χ2v) is 7.34. The summed E-state index contributed by atoms with van der Waals surface area (Å²) in [5.41, 5.74) is 1.05. The number of aromatic nitrogens is 1. The average molecular weight is 374 g/mol. The molecule has 1 aromatic rings. The fourth-order valence-corrected chi connectivity index (χ4v) is 3.72. The first-order chi connectivity index (χ1) is 13.2. The van der Waals surface area contributed by atoms with Crippen LogP contribution in [0.4, 0.5) is 4.79 Å². The molecule has 27 heavy (non-hydrogen) atoms. The number of carbonyl (C=O) groups excluding carboxylic acids is 2. The number of urea groups is 1. The molecule has 0 spiro atoms. The maximum absolute atomic E-state index is 12.6. The van der Waals surface area contributed by atoms with Gasteiger partial charge in [-0.15, -0.1) is 0 Å². The van der Waals surface area contributed by atoms with Crippen molar-refractivity contribution in [2.45, 2.75) is 57.8 Å². The SMILES string of the molecule is CCC(=O)N1CCC(NC(=O)N2CCCC(OCc3cccnc3)C2)CC1. The number of likely N-dealkylation sites (tertiary alicyclic amines) is 2. The highest BCUT2D eigenvalue weighted by atomic mass is 16.5. The highest BCUT2D eigenvalue weighted by Crippen LogP contribution is 2.17. The summed E-state index contributed by atoms with van der Waals surface area (Å²) in [6.45, 7) is 5.27. The van der Waals surface area contributed by atoms with Gasteiger partial charge in [-0.05, 0) is 37.3 Å². The zero-order chi connectivity index (χ0) is 19.1. The van der Waals surface area contributed by atoms with Crippen LogP contribution in [0.5, 0.6) is 0 Å². The van der Waals surface area contributed by atoms with Crippen LogP contribution >= 0.6 is 0 Å². The monoisotopic (exact) mass is 374 g/mol. The summed E-state index contributed by atoms with van der Waals surface area (Å²) < 4.78 is 5.99. The van der Waals surface area contributed by atoms with E-state index < -0.39 is 0 Å². The second-order valence-electron chi connectivity index (χ2n) is 7.34. The lowest BCUT2D eigenvalue weighted by Gasteiger charge is -2.36. The number of piperidine rings is 2. The summed E-state index contributed by atoms with van der Waals surface area (Å²) in [6, 6.07) is 4.04. The highest BCUT2D eigenvalue weighted by Gasteiger charge is 2.28. The van der Waals surface area contributed by atoms with E-state index in [1.165, 1.54) is 0 Å². The van der Waals surface area contributed by atoms with Gasteiger partial charge in [-0.2, -0.15) is 0 Å². The van der Waals surface area contributed by atoms with Gasteiger partial charge in [0, 0.05) is 51.0 Å². The van der Waals surface area contributed by atoms with Crippen LogP contribution in [0, 0.1) is 0 Å². The predicted molar refractivity (Wildman–Crippen MR) is 102 cm³/mol. The number of pyridine rings is 1. The Morgan fingerprint density at radius 1 is 1.22 bits per heavy atom. The summed E-state index contributed by atoms with van der Waals surface area (Å²) in [5, 5.41) is 3.14. The first-order valence-corrected chi connectivity index (χ1v) is 9.99. The Morgan fingerprint density at radius 3 is 2.74 bits per heavy atom. The number of rotatable bonds is 5. The number of carbonyl (C=O) groups is 2. The zero-order valence-electron chi connectivity index (χ0n) is 16.1. The maximum atomic E-state index is 12.6. The van der Waals surface area contributed by atoms with Crippen LogP contribution < -0.4 is 5.32 Å². The highest BCUT2D eigenvalue weighted by molar-refractivity contribution is 5.76. The fourth-order valence-electron chi connectivity index (χ4n) is 3.72. The summed E-state index contributed by atoms with van der Waals surface area (Å²) >= 11 is 0. The van der Waals surface area contributed by atoms with Gasteiger partial charge in [0.05, 0.1) is 12.7 Å². The van der Waals surface area contributed by atoms with Gasteiger partial charge in [-0.1, -0.05) is 13.0 Å². The van der Waals surface area contributed by atoms with Crippen molar-refractivity contribution >= 4 is 11.9 Å². The van der Waals surface area contributed by atoms with E-state index in [1.54, 1.807) is 6.20 Å². The van der Waals surface area contributed by atoms with Crippen molar-refractivity contribution in [2.75, 3.05) is 26.2 Å². The van der Waals surface area contributed by atoms with Gasteiger partial charge in [-0.3, -0.25) is 9.78 Å². The Bertz CT molecular complexity index is 617. The number of hydrogen-bond acceptors (Lipinski definition) is 4. The molecule has 1 atom stereocenters. The van der Waals surface area contributed by atoms with Gasteiger partial charge in [0.15, 0.2) is 0 Å². The van der Waals surface area contributed by atoms with Crippen LogP contribution in [0.25, 0.3) is 0 Å². The Morgan fingerprint density at radius 2 is 2.04 bits per heavy atom. The van der Waals surface area contributed by atoms with Crippen LogP contribution in [0.2, 0.25) is 0 Å². The third-order valence-electron chi connectivity index (χ3n) is 5.35. The minimum atomic E-state index is -0.00931. The van der Waals surface area contributed by atoms with Crippen LogP contribution in [-0.2, 0) is 16.1 Å². The molecule has 2 aliphatic rings. The third kappa shape index (κ3) is 5.66. The normalized spacial score (nSPS) is 21.1. The molecule has 2 aliphatic heterocycles. The smallest absolute Gasteiger partial charge is 0.317 e. The van der Waals surface area contributed by atoms with Gasteiger partial charge in [0.2, 0.25) is 5.91 Å². The molecule has 148 valence electrons. The number of nitrogens with one attached hydrogen (secondary N) is 1. The molecule has 0 aromatic carbocycles. The van der Waals surface area contributed by atoms with E-state index in [1.807, 2.05) is 35.1 Å². The molecule has 3 rings (SSSR count). The molecule has 1 aromatic heterocycles. The maximum Gasteiger partial charge on any atom is 0.317 e. The minimum Gasteiger partial charge on any atom is -0.372 e. The first kappa shape index (κ1) is 19.6. The Kier molecular flexibility index (Phi) is 7.04. The van der Waals surface area contributed by atoms with Gasteiger partial charge in [-0.25, -0.2) is 4.79 Å². The van der Waals surface area contributed by atoms with Crippen LogP contribution in [0.3, 0.4) is 0 Å². The number of hydrogen-bond donors (Lipinski definition) is 1. The lowest BCUT2D eigenvalue weighted by Crippen LogP contribution is -2.53. The molecule has 1 unspecified atom stereocenters. The lowest BCUT2D eigenvalue weighted by molar-refractivity contribution is -0.131. The molecule has 2 fully saturated rings. The van der Waals surface area contributed by atoms with E-state index in [0.717, 1.165) is 50.9 Å². The summed E-state index contributed by atoms with van der Waals surface area (Å²) in [6.07, 6.45) is 7.75. The Balaban J connectivity index is 1.41. The van der Waals surface area contributed by atoms with E-state index in [9.17, 15) is 9.59 Å². The Hall–Kier alpha value is -2.15. The molecule has 0 radical (unpaired) electrons. The molecule has 0 bridgehead atoms. The molecule has 7 nitrogen and oxygen atoms in total. The van der Waals surface area contributed by atoms with Crippen molar-refractivity contribution in [3.05, 3.63) is 30.1 Å². The molecule has 3 heterocycles. The molecule has 2 saturated heterocycles. The first-order valence-electron chi connectivity index (χ1n) is 9.99. The predicted octanol–water partition coefficient (Wildman–Crippen LogP) is 2.17. The third-order valence-corrected chi connectivity index (χ3v) is 5.35. The van der Waals surface area contributed by atoms with Crippen molar-refractivity contribution in [2.24, 2.45) is 0 Å². The van der Waals surface area contributed by atoms with Gasteiger partial charge < -0.3 is 19.9 Å². The minimum absolute atomic E-state index is 0.00931. The van der Waals surface area contributed by atoms with E-state index in [2.05, 4.69) is 10.3 Å². The number of ether oxygens (including phenoxy) is 1. The van der Waals surface area contributed by atoms with Crippen molar-refractivity contribution in [1.29, 1.82) is 0 Å². The zero-order valence-corrected chi connectivity index (χ0v) is 16.1. The van der Waals surface area contributed by atoms with E-state index in [0.29, 0.717) is 19.6 Å². The van der Waals surface area contributed by atoms with E-state index >= 15 is 0 Å². The van der Waals surface area contributed by atoms with Gasteiger partial charge >= 0.3 is 6.03 Å². The lowest BCUT2D eigenvalue weighted by atomic mass is 10.0. The Labute approximate surface area is 161 Å². The summed E-state index contributed by atoms with van der Waals surface area (Å²) in [4.78, 5) is 32.2. The van der Waals surface area contributed by atoms with Gasteiger partial charge in [0.1, 0.15) is 0 Å². The summed E-state index contributed by atoms with van der Waals surface area (Å²) in [5.74, 6) is 0.199. The number of amides is 3. The van der Waals surface area contributed by atoms with E-state index in [4.69, 9.17) is 4.74 Å². The van der Waals surface area contributed by atoms with Crippen LogP contribution in [0.1, 0.15) is 44.6 Å². The second kappa shape index (κ2) is 9.69. The van der Waals surface area contributed by atoms with Crippen LogP contribution in [0.15, 0.2) is 24.5 Å². The largest absolute Gasteiger partial charge is 0.372 e. The van der Waals surface area contributed by atoms with Gasteiger partial charge in [0.25, 0.3) is 0 Å². The average Bonchev–Trinajstić information content (AvgIpc) is 2.73. The number of nitrogens with zero attached hydrogens (tertiary/aromatic N) is 3. The van der Waals surface area contributed by atoms with Crippen molar-refractivity contribution in [1.82, 2.24) is 20.1 Å². The molecule has 3 amide bonds. The summed E-state index contributed by atoms with van der Waals surface area (Å²) in [7, 11) is 0. The molecular formula is C20H30N4O3. The standard InChI is InChI=1S/C20H30N4O3/c1-2-19(25)23-11-7-17(8-12-23)22-20(26)24-10-4-6-18(14-24)27-15-16-5-3-9-21-13-16/h3,5,9,13,17-18H,2,4,6-8,10-12,14-15H2,1H3,(H,22,26). The van der Waals surface area contributed by atoms with Crippen molar-refractivity contribution in [3.63, 3.8) is 0 Å². The molecular weight excluding hydrogens is 344 g/mol. The van der Waals surface area contributed by atoms with E-state index in [-0.39, 0.29) is 24.1 Å². The van der Waals surface area contributed by atoms with Crippen molar-refractivity contribution < 1.29 is 14.3 Å².